The Morgan fingerprint density at radius 1 is 1.54 bits per heavy atom. The van der Waals surface area contributed by atoms with Gasteiger partial charge in [-0.3, -0.25) is 4.68 Å². The third kappa shape index (κ3) is 1.31. The Balaban J connectivity index is 2.45. The quantitative estimate of drug-likeness (QED) is 0.659. The average molecular weight is 178 g/mol. The van der Waals surface area contributed by atoms with Gasteiger partial charge in [0.05, 0.1) is 0 Å². The highest BCUT2D eigenvalue weighted by atomic mass is 15.3. The number of hydrogen-bond acceptors (Lipinski definition) is 4. The first-order valence-electron chi connectivity index (χ1n) is 3.91. The minimum atomic E-state index is 0.363. The molecular formula is C7H10N6. The standard InChI is InChI=1S/C7H10N6/c1-13-3-2-5(11-13)7-6(4-8)9-12-10-7/h2-3H,4,8H2,1H3,(H,9,10,12). The zero-order valence-electron chi connectivity index (χ0n) is 7.23. The Morgan fingerprint density at radius 3 is 3.00 bits per heavy atom. The summed E-state index contributed by atoms with van der Waals surface area (Å²) in [5.74, 6) is 0. The van der Waals surface area contributed by atoms with Crippen LogP contribution in [0, 0.1) is 0 Å². The van der Waals surface area contributed by atoms with E-state index in [0.29, 0.717) is 6.54 Å². The summed E-state index contributed by atoms with van der Waals surface area (Å²) in [6.07, 6.45) is 1.85. The van der Waals surface area contributed by atoms with Gasteiger partial charge in [-0.25, -0.2) is 0 Å². The van der Waals surface area contributed by atoms with Gasteiger partial charge in [0.1, 0.15) is 17.1 Å². The van der Waals surface area contributed by atoms with Crippen molar-refractivity contribution in [3.63, 3.8) is 0 Å². The van der Waals surface area contributed by atoms with Gasteiger partial charge in [-0.2, -0.15) is 20.5 Å². The molecule has 0 aromatic carbocycles. The molecule has 0 fully saturated rings. The van der Waals surface area contributed by atoms with Crippen LogP contribution in [0.25, 0.3) is 11.4 Å². The number of nitrogens with two attached hydrogens (primary N) is 1. The van der Waals surface area contributed by atoms with Crippen molar-refractivity contribution in [3.8, 4) is 11.4 Å². The summed E-state index contributed by atoms with van der Waals surface area (Å²) in [6.45, 7) is 0.363. The second-order valence-corrected chi connectivity index (χ2v) is 2.70. The number of aromatic nitrogens is 5. The Kier molecular flexibility index (Phi) is 1.82. The first kappa shape index (κ1) is 7.93. The molecule has 2 aromatic rings. The lowest BCUT2D eigenvalue weighted by atomic mass is 10.2. The zero-order valence-corrected chi connectivity index (χ0v) is 7.23. The molecule has 2 heterocycles. The first-order valence-corrected chi connectivity index (χ1v) is 3.91. The summed E-state index contributed by atoms with van der Waals surface area (Å²) < 4.78 is 1.71. The monoisotopic (exact) mass is 178 g/mol. The minimum Gasteiger partial charge on any atom is -0.325 e. The number of nitrogens with zero attached hydrogens (tertiary/aromatic N) is 4. The third-order valence-corrected chi connectivity index (χ3v) is 1.77. The van der Waals surface area contributed by atoms with Crippen LogP contribution in [-0.2, 0) is 13.6 Å². The van der Waals surface area contributed by atoms with E-state index in [0.717, 1.165) is 17.1 Å². The third-order valence-electron chi connectivity index (χ3n) is 1.77. The molecule has 68 valence electrons. The van der Waals surface area contributed by atoms with Crippen molar-refractivity contribution in [2.24, 2.45) is 12.8 Å². The lowest BCUT2D eigenvalue weighted by Gasteiger charge is -1.91. The van der Waals surface area contributed by atoms with Crippen LogP contribution >= 0.6 is 0 Å². The van der Waals surface area contributed by atoms with E-state index >= 15 is 0 Å². The van der Waals surface area contributed by atoms with Crippen LogP contribution in [0.15, 0.2) is 12.3 Å². The van der Waals surface area contributed by atoms with Crippen LogP contribution in [-0.4, -0.2) is 25.2 Å². The minimum absolute atomic E-state index is 0.363. The highest BCUT2D eigenvalue weighted by molar-refractivity contribution is 5.55. The van der Waals surface area contributed by atoms with Gasteiger partial charge in [-0.05, 0) is 6.07 Å². The zero-order chi connectivity index (χ0) is 9.26. The molecule has 2 aromatic heterocycles. The Hall–Kier alpha value is -1.69. The smallest absolute Gasteiger partial charge is 0.137 e. The summed E-state index contributed by atoms with van der Waals surface area (Å²) in [5.41, 5.74) is 7.73. The molecule has 0 radical (unpaired) electrons. The fraction of sp³-hybridized carbons (Fsp3) is 0.286. The molecular weight excluding hydrogens is 168 g/mol. The fourth-order valence-electron chi connectivity index (χ4n) is 1.14. The van der Waals surface area contributed by atoms with E-state index in [-0.39, 0.29) is 0 Å². The molecule has 6 heteroatoms. The molecule has 0 bridgehead atoms. The summed E-state index contributed by atoms with van der Waals surface area (Å²) >= 11 is 0. The molecule has 0 atom stereocenters. The summed E-state index contributed by atoms with van der Waals surface area (Å²) in [7, 11) is 1.85. The van der Waals surface area contributed by atoms with Gasteiger partial charge in [0.25, 0.3) is 0 Å². The second-order valence-electron chi connectivity index (χ2n) is 2.70. The fourth-order valence-corrected chi connectivity index (χ4v) is 1.14. The normalized spacial score (nSPS) is 10.6. The molecule has 0 unspecified atom stereocenters. The molecule has 0 saturated carbocycles. The summed E-state index contributed by atoms with van der Waals surface area (Å²) in [4.78, 5) is 0. The van der Waals surface area contributed by atoms with E-state index in [1.54, 1.807) is 4.68 Å². The van der Waals surface area contributed by atoms with E-state index in [4.69, 9.17) is 5.73 Å². The van der Waals surface area contributed by atoms with Crippen LogP contribution in [0.1, 0.15) is 5.69 Å². The SMILES string of the molecule is Cn1ccc(-c2n[nH]nc2CN)n1. The number of H-pyrrole nitrogens is 1. The van der Waals surface area contributed by atoms with Crippen LogP contribution < -0.4 is 5.73 Å². The van der Waals surface area contributed by atoms with E-state index in [9.17, 15) is 0 Å². The van der Waals surface area contributed by atoms with Crippen LogP contribution in [0.3, 0.4) is 0 Å². The first-order chi connectivity index (χ1) is 6.31. The van der Waals surface area contributed by atoms with E-state index in [2.05, 4.69) is 20.5 Å². The highest BCUT2D eigenvalue weighted by Gasteiger charge is 2.10. The van der Waals surface area contributed by atoms with Crippen molar-refractivity contribution >= 4 is 0 Å². The summed E-state index contributed by atoms with van der Waals surface area (Å²) in [6, 6.07) is 1.87. The van der Waals surface area contributed by atoms with Crippen molar-refractivity contribution in [2.45, 2.75) is 6.54 Å². The lowest BCUT2D eigenvalue weighted by Crippen LogP contribution is -1.99. The molecule has 6 nitrogen and oxygen atoms in total. The number of hydrogen-bond donors (Lipinski definition) is 2. The van der Waals surface area contributed by atoms with Crippen molar-refractivity contribution in [2.75, 3.05) is 0 Å². The lowest BCUT2D eigenvalue weighted by molar-refractivity contribution is 0.769. The van der Waals surface area contributed by atoms with Gasteiger partial charge < -0.3 is 5.73 Å². The van der Waals surface area contributed by atoms with Gasteiger partial charge in [0.15, 0.2) is 0 Å². The maximum absolute atomic E-state index is 5.48. The predicted octanol–water partition coefficient (Wildman–Crippen LogP) is -0.336. The molecule has 13 heavy (non-hydrogen) atoms. The maximum atomic E-state index is 5.48. The molecule has 3 N–H and O–H groups in total. The topological polar surface area (TPSA) is 85.4 Å². The van der Waals surface area contributed by atoms with Gasteiger partial charge in [0.2, 0.25) is 0 Å². The molecule has 0 spiro atoms. The number of aryl methyl sites for hydroxylation is 1. The maximum Gasteiger partial charge on any atom is 0.137 e. The van der Waals surface area contributed by atoms with Crippen molar-refractivity contribution < 1.29 is 0 Å². The molecule has 0 amide bonds. The predicted molar refractivity (Wildman–Crippen MR) is 46.5 cm³/mol. The van der Waals surface area contributed by atoms with E-state index < -0.39 is 0 Å². The van der Waals surface area contributed by atoms with Crippen LogP contribution in [0.4, 0.5) is 0 Å². The Morgan fingerprint density at radius 2 is 2.38 bits per heavy atom. The Bertz CT molecular complexity index is 401. The molecule has 0 aliphatic rings. The number of rotatable bonds is 2. The van der Waals surface area contributed by atoms with Gasteiger partial charge in [-0.1, -0.05) is 0 Å². The van der Waals surface area contributed by atoms with Crippen molar-refractivity contribution in [3.05, 3.63) is 18.0 Å². The highest BCUT2D eigenvalue weighted by Crippen LogP contribution is 2.15. The van der Waals surface area contributed by atoms with Gasteiger partial charge in [0, 0.05) is 19.8 Å². The Labute approximate surface area is 74.8 Å². The molecule has 0 saturated heterocycles. The van der Waals surface area contributed by atoms with Gasteiger partial charge >= 0.3 is 0 Å². The molecule has 0 aliphatic carbocycles. The average Bonchev–Trinajstić information content (AvgIpc) is 2.71. The van der Waals surface area contributed by atoms with E-state index in [1.165, 1.54) is 0 Å². The van der Waals surface area contributed by atoms with E-state index in [1.807, 2.05) is 19.3 Å². The van der Waals surface area contributed by atoms with Crippen LogP contribution in [0.2, 0.25) is 0 Å². The second kappa shape index (κ2) is 2.98. The van der Waals surface area contributed by atoms with Crippen molar-refractivity contribution in [1.82, 2.24) is 25.2 Å². The largest absolute Gasteiger partial charge is 0.325 e. The molecule has 0 aliphatic heterocycles. The van der Waals surface area contributed by atoms with Crippen LogP contribution in [0.5, 0.6) is 0 Å². The summed E-state index contributed by atoms with van der Waals surface area (Å²) in [5, 5.41) is 14.6. The number of nitrogens with one attached hydrogen (secondary N) is 1. The number of aromatic amines is 1. The van der Waals surface area contributed by atoms with Crippen molar-refractivity contribution in [1.29, 1.82) is 0 Å². The van der Waals surface area contributed by atoms with Gasteiger partial charge in [-0.15, -0.1) is 0 Å². The molecule has 2 rings (SSSR count).